The topological polar surface area (TPSA) is 79.0 Å². The van der Waals surface area contributed by atoms with E-state index in [9.17, 15) is 9.18 Å². The minimum atomic E-state index is -0.328. The van der Waals surface area contributed by atoms with Gasteiger partial charge in [0.1, 0.15) is 18.2 Å². The Morgan fingerprint density at radius 1 is 1.16 bits per heavy atom. The zero-order chi connectivity index (χ0) is 17.5. The van der Waals surface area contributed by atoms with Crippen LogP contribution in [0.3, 0.4) is 0 Å². The Kier molecular flexibility index (Phi) is 5.26. The number of hydrogen-bond acceptors (Lipinski definition) is 3. The van der Waals surface area contributed by atoms with E-state index in [-0.39, 0.29) is 11.8 Å². The van der Waals surface area contributed by atoms with E-state index in [2.05, 4.69) is 20.8 Å². The average molecular weight is 340 g/mol. The van der Waals surface area contributed by atoms with Gasteiger partial charge in [0, 0.05) is 18.0 Å². The maximum atomic E-state index is 12.9. The third-order valence-electron chi connectivity index (χ3n) is 3.41. The summed E-state index contributed by atoms with van der Waals surface area (Å²) in [6.07, 6.45) is 1.62. The molecule has 0 bridgehead atoms. The second-order valence-electron chi connectivity index (χ2n) is 5.33. The summed E-state index contributed by atoms with van der Waals surface area (Å²) < 4.78 is 18.6. The molecule has 3 N–H and O–H groups in total. The van der Waals surface area contributed by atoms with Crippen LogP contribution in [0.5, 0.6) is 5.75 Å². The highest BCUT2D eigenvalue weighted by Crippen LogP contribution is 2.18. The Balaban J connectivity index is 1.51. The molecule has 3 aromatic rings. The molecule has 0 saturated carbocycles. The quantitative estimate of drug-likeness (QED) is 0.643. The van der Waals surface area contributed by atoms with Gasteiger partial charge in [0.25, 0.3) is 0 Å². The lowest BCUT2D eigenvalue weighted by atomic mass is 10.2. The number of amides is 2. The molecule has 0 unspecified atom stereocenters. The largest absolute Gasteiger partial charge is 0.489 e. The lowest BCUT2D eigenvalue weighted by molar-refractivity contribution is 0.251. The molecule has 0 aliphatic carbocycles. The fourth-order valence-corrected chi connectivity index (χ4v) is 2.14. The summed E-state index contributed by atoms with van der Waals surface area (Å²) in [6, 6.07) is 14.6. The van der Waals surface area contributed by atoms with Crippen LogP contribution >= 0.6 is 0 Å². The molecule has 3 rings (SSSR count). The van der Waals surface area contributed by atoms with E-state index < -0.39 is 0 Å². The monoisotopic (exact) mass is 340 g/mol. The first-order valence-electron chi connectivity index (χ1n) is 7.69. The van der Waals surface area contributed by atoms with Crippen molar-refractivity contribution in [3.05, 3.63) is 77.9 Å². The number of aromatic amines is 1. The van der Waals surface area contributed by atoms with Crippen LogP contribution in [-0.2, 0) is 13.2 Å². The van der Waals surface area contributed by atoms with Gasteiger partial charge in [-0.25, -0.2) is 9.18 Å². The summed E-state index contributed by atoms with van der Waals surface area (Å²) in [5.74, 6) is 0.326. The Morgan fingerprint density at radius 2 is 2.00 bits per heavy atom. The number of nitrogens with one attached hydrogen (secondary N) is 3. The van der Waals surface area contributed by atoms with Crippen molar-refractivity contribution in [3.63, 3.8) is 0 Å². The third-order valence-corrected chi connectivity index (χ3v) is 3.41. The highest BCUT2D eigenvalue weighted by Gasteiger charge is 2.04. The van der Waals surface area contributed by atoms with Gasteiger partial charge in [0.2, 0.25) is 0 Å². The Hall–Kier alpha value is -3.35. The number of H-pyrrole nitrogens is 1. The summed E-state index contributed by atoms with van der Waals surface area (Å²) in [4.78, 5) is 11.9. The number of hydrogen-bond donors (Lipinski definition) is 3. The number of ether oxygens (including phenoxy) is 1. The van der Waals surface area contributed by atoms with E-state index in [4.69, 9.17) is 4.74 Å². The fourth-order valence-electron chi connectivity index (χ4n) is 2.14. The van der Waals surface area contributed by atoms with E-state index in [1.54, 1.807) is 48.7 Å². The maximum absolute atomic E-state index is 12.9. The van der Waals surface area contributed by atoms with Crippen molar-refractivity contribution in [3.8, 4) is 5.75 Å². The molecule has 0 saturated heterocycles. The molecule has 0 fully saturated rings. The van der Waals surface area contributed by atoms with Crippen LogP contribution in [0, 0.1) is 5.82 Å². The lowest BCUT2D eigenvalue weighted by Gasteiger charge is -2.10. The van der Waals surface area contributed by atoms with Crippen molar-refractivity contribution in [2.75, 3.05) is 5.32 Å². The van der Waals surface area contributed by atoms with Gasteiger partial charge in [-0.15, -0.1) is 0 Å². The number of carbonyl (C=O) groups is 1. The molecule has 25 heavy (non-hydrogen) atoms. The van der Waals surface area contributed by atoms with Gasteiger partial charge in [-0.2, -0.15) is 5.10 Å². The number of urea groups is 1. The van der Waals surface area contributed by atoms with Crippen LogP contribution in [-0.4, -0.2) is 16.2 Å². The number of nitrogens with zero attached hydrogens (tertiary/aromatic N) is 1. The molecule has 2 aromatic carbocycles. The predicted molar refractivity (Wildman–Crippen MR) is 91.6 cm³/mol. The molecule has 128 valence electrons. The third kappa shape index (κ3) is 5.07. The second-order valence-corrected chi connectivity index (χ2v) is 5.33. The van der Waals surface area contributed by atoms with Crippen molar-refractivity contribution < 1.29 is 13.9 Å². The Labute approximate surface area is 144 Å². The minimum absolute atomic E-state index is 0.281. The first kappa shape index (κ1) is 16.5. The van der Waals surface area contributed by atoms with Crippen molar-refractivity contribution in [1.82, 2.24) is 15.5 Å². The summed E-state index contributed by atoms with van der Waals surface area (Å²) in [7, 11) is 0. The molecule has 1 aromatic heterocycles. The summed E-state index contributed by atoms with van der Waals surface area (Å²) in [6.45, 7) is 0.669. The zero-order valence-electron chi connectivity index (χ0n) is 13.3. The van der Waals surface area contributed by atoms with Gasteiger partial charge < -0.3 is 15.4 Å². The molecule has 2 amide bonds. The van der Waals surface area contributed by atoms with Crippen molar-refractivity contribution in [1.29, 1.82) is 0 Å². The summed E-state index contributed by atoms with van der Waals surface area (Å²) >= 11 is 0. The van der Waals surface area contributed by atoms with E-state index >= 15 is 0 Å². The first-order valence-corrected chi connectivity index (χ1v) is 7.69. The Morgan fingerprint density at radius 3 is 2.76 bits per heavy atom. The van der Waals surface area contributed by atoms with E-state index in [0.717, 1.165) is 11.3 Å². The maximum Gasteiger partial charge on any atom is 0.319 e. The van der Waals surface area contributed by atoms with Crippen molar-refractivity contribution in [2.45, 2.75) is 13.2 Å². The van der Waals surface area contributed by atoms with Crippen LogP contribution < -0.4 is 15.4 Å². The van der Waals surface area contributed by atoms with E-state index in [1.165, 1.54) is 12.1 Å². The highest BCUT2D eigenvalue weighted by molar-refractivity contribution is 5.89. The lowest BCUT2D eigenvalue weighted by Crippen LogP contribution is -2.28. The molecule has 0 aliphatic heterocycles. The van der Waals surface area contributed by atoms with Crippen molar-refractivity contribution >= 4 is 11.7 Å². The number of benzene rings is 2. The smallest absolute Gasteiger partial charge is 0.319 e. The number of anilines is 1. The standard InChI is InChI=1S/C18H17FN4O2/c19-14-6-4-13(5-7-14)12-25-17-3-1-2-15(10-17)22-18(24)20-11-16-8-9-21-23-16/h1-10H,11-12H2,(H,21,23)(H2,20,22,24). The molecule has 6 nitrogen and oxygen atoms in total. The van der Waals surface area contributed by atoms with Crippen LogP contribution in [0.15, 0.2) is 60.8 Å². The van der Waals surface area contributed by atoms with Crippen LogP contribution in [0.1, 0.15) is 11.3 Å². The number of aromatic nitrogens is 2. The minimum Gasteiger partial charge on any atom is -0.489 e. The molecule has 7 heteroatoms. The first-order chi connectivity index (χ1) is 12.2. The van der Waals surface area contributed by atoms with Gasteiger partial charge in [-0.1, -0.05) is 18.2 Å². The molecular formula is C18H17FN4O2. The zero-order valence-corrected chi connectivity index (χ0v) is 13.3. The molecular weight excluding hydrogens is 323 g/mol. The van der Waals surface area contributed by atoms with Crippen molar-refractivity contribution in [2.24, 2.45) is 0 Å². The molecule has 0 atom stereocenters. The summed E-state index contributed by atoms with van der Waals surface area (Å²) in [5.41, 5.74) is 2.28. The molecule has 0 spiro atoms. The normalized spacial score (nSPS) is 10.3. The van der Waals surface area contributed by atoms with Crippen LogP contribution in [0.4, 0.5) is 14.9 Å². The summed E-state index contributed by atoms with van der Waals surface area (Å²) in [5, 5.41) is 12.0. The van der Waals surface area contributed by atoms with Crippen LogP contribution in [0.25, 0.3) is 0 Å². The van der Waals surface area contributed by atoms with E-state index in [0.29, 0.717) is 24.6 Å². The fraction of sp³-hybridized carbons (Fsp3) is 0.111. The SMILES string of the molecule is O=C(NCc1ccn[nH]1)Nc1cccc(OCc2ccc(F)cc2)c1. The number of carbonyl (C=O) groups excluding carboxylic acids is 1. The molecule has 0 radical (unpaired) electrons. The number of halogens is 1. The predicted octanol–water partition coefficient (Wildman–Crippen LogP) is 3.45. The molecule has 1 heterocycles. The van der Waals surface area contributed by atoms with Gasteiger partial charge in [-0.3, -0.25) is 5.10 Å². The number of rotatable bonds is 6. The van der Waals surface area contributed by atoms with Gasteiger partial charge in [0.05, 0.1) is 12.2 Å². The Bertz CT molecular complexity index is 819. The molecule has 0 aliphatic rings. The van der Waals surface area contributed by atoms with Gasteiger partial charge >= 0.3 is 6.03 Å². The van der Waals surface area contributed by atoms with Crippen LogP contribution in [0.2, 0.25) is 0 Å². The highest BCUT2D eigenvalue weighted by atomic mass is 19.1. The average Bonchev–Trinajstić information content (AvgIpc) is 3.13. The van der Waals surface area contributed by atoms with E-state index in [1.807, 2.05) is 0 Å². The second kappa shape index (κ2) is 7.96. The van der Waals surface area contributed by atoms with Gasteiger partial charge in [0.15, 0.2) is 0 Å². The van der Waals surface area contributed by atoms with Gasteiger partial charge in [-0.05, 0) is 35.9 Å².